The van der Waals surface area contributed by atoms with Gasteiger partial charge in [-0.1, -0.05) is 23.2 Å². The predicted molar refractivity (Wildman–Crippen MR) is 161 cm³/mol. The molecule has 0 aromatic heterocycles. The van der Waals surface area contributed by atoms with Crippen molar-refractivity contribution in [1.29, 1.82) is 0 Å². The van der Waals surface area contributed by atoms with Crippen LogP contribution in [0.2, 0.25) is 10.0 Å². The van der Waals surface area contributed by atoms with E-state index in [1.54, 1.807) is 27.8 Å². The van der Waals surface area contributed by atoms with Crippen LogP contribution in [0, 0.1) is 11.6 Å². The number of esters is 1. The van der Waals surface area contributed by atoms with Crippen molar-refractivity contribution in [2.75, 3.05) is 26.8 Å². The second-order valence-electron chi connectivity index (χ2n) is 12.5. The van der Waals surface area contributed by atoms with Crippen LogP contribution >= 0.6 is 23.2 Å². The van der Waals surface area contributed by atoms with Crippen molar-refractivity contribution < 1.29 is 37.4 Å². The zero-order chi connectivity index (χ0) is 32.3. The van der Waals surface area contributed by atoms with Crippen LogP contribution in [0.1, 0.15) is 52.9 Å². The number of likely N-dealkylation sites (N-methyl/N-ethyl adjacent to an activating group) is 1. The minimum absolute atomic E-state index is 0.0324. The lowest BCUT2D eigenvalue weighted by Gasteiger charge is -2.60. The zero-order valence-electron chi connectivity index (χ0n) is 25.1. The Balaban J connectivity index is 1.45. The number of rotatable bonds is 11. The fourth-order valence-corrected chi connectivity index (χ4v) is 6.24. The molecule has 44 heavy (non-hydrogen) atoms. The molecule has 2 N–H and O–H groups in total. The van der Waals surface area contributed by atoms with Gasteiger partial charge in [-0.2, -0.15) is 0 Å². The van der Waals surface area contributed by atoms with E-state index in [9.17, 15) is 23.2 Å². The van der Waals surface area contributed by atoms with Crippen LogP contribution in [-0.4, -0.2) is 72.2 Å². The molecule has 2 amide bonds. The Kier molecular flexibility index (Phi) is 10.3. The van der Waals surface area contributed by atoms with E-state index in [1.807, 2.05) is 4.90 Å². The van der Waals surface area contributed by atoms with Crippen molar-refractivity contribution in [3.05, 3.63) is 58.1 Å². The van der Waals surface area contributed by atoms with Gasteiger partial charge >= 0.3 is 5.97 Å². The Bertz CT molecular complexity index is 1390. The molecular weight excluding hydrogens is 619 g/mol. The van der Waals surface area contributed by atoms with E-state index < -0.39 is 40.2 Å². The molecule has 0 radical (unpaired) electrons. The summed E-state index contributed by atoms with van der Waals surface area (Å²) in [4.78, 5) is 40.7. The SMILES string of the molecule is CN(CC(=O)OC(C)(C)C)C1CC2(NC(=O)COc3ccc(Cl)c(F)c3)CCC1(NC(=O)COc1ccc(Cl)c(F)c1)CC2. The molecule has 13 heteroatoms. The van der Waals surface area contributed by atoms with Crippen molar-refractivity contribution in [3.63, 3.8) is 0 Å². The van der Waals surface area contributed by atoms with Gasteiger partial charge in [0.15, 0.2) is 13.2 Å². The summed E-state index contributed by atoms with van der Waals surface area (Å²) in [5, 5.41) is 6.14. The standard InChI is InChI=1S/C31H37Cl2F2N3O6/c1-29(2,3)44-28(41)16-38(4)25-15-30(36-26(39)17-42-19-5-7-21(32)23(34)13-19)9-11-31(25,12-10-30)37-27(40)18-43-20-6-8-22(33)24(35)14-20/h5-8,13-14,25H,9-12,15-18H2,1-4H3,(H,36,39)(H,37,40). The maximum absolute atomic E-state index is 13.8. The lowest BCUT2D eigenvalue weighted by atomic mass is 9.58. The molecule has 1 unspecified atom stereocenters. The third-order valence-electron chi connectivity index (χ3n) is 7.97. The van der Waals surface area contributed by atoms with Gasteiger partial charge in [0.05, 0.1) is 22.1 Å². The number of ether oxygens (including phenoxy) is 3. The van der Waals surface area contributed by atoms with Crippen LogP contribution in [0.4, 0.5) is 8.78 Å². The van der Waals surface area contributed by atoms with E-state index in [2.05, 4.69) is 10.6 Å². The Hall–Kier alpha value is -3.15. The Morgan fingerprint density at radius 2 is 1.39 bits per heavy atom. The summed E-state index contributed by atoms with van der Waals surface area (Å²) < 4.78 is 44.1. The maximum atomic E-state index is 13.8. The fraction of sp³-hybridized carbons (Fsp3) is 0.516. The molecule has 0 aliphatic heterocycles. The van der Waals surface area contributed by atoms with Gasteiger partial charge in [-0.15, -0.1) is 0 Å². The van der Waals surface area contributed by atoms with Crippen molar-refractivity contribution >= 4 is 41.0 Å². The number of nitrogens with one attached hydrogen (secondary N) is 2. The molecule has 5 rings (SSSR count). The third kappa shape index (κ3) is 8.51. The number of carbonyl (C=O) groups excluding carboxylic acids is 3. The van der Waals surface area contributed by atoms with Gasteiger partial charge in [0, 0.05) is 23.7 Å². The molecule has 0 spiro atoms. The lowest BCUT2D eigenvalue weighted by Crippen LogP contribution is -2.73. The monoisotopic (exact) mass is 655 g/mol. The van der Waals surface area contributed by atoms with Crippen molar-refractivity contribution in [2.45, 2.75) is 75.6 Å². The summed E-state index contributed by atoms with van der Waals surface area (Å²) >= 11 is 11.5. The highest BCUT2D eigenvalue weighted by molar-refractivity contribution is 6.31. The van der Waals surface area contributed by atoms with Gasteiger partial charge in [-0.3, -0.25) is 19.3 Å². The summed E-state index contributed by atoms with van der Waals surface area (Å²) in [5.74, 6) is -2.17. The Morgan fingerprint density at radius 3 is 1.86 bits per heavy atom. The van der Waals surface area contributed by atoms with Gasteiger partial charge < -0.3 is 24.8 Å². The minimum atomic E-state index is -0.716. The first-order valence-corrected chi connectivity index (χ1v) is 15.0. The van der Waals surface area contributed by atoms with E-state index in [-0.39, 0.29) is 53.3 Å². The van der Waals surface area contributed by atoms with Crippen molar-refractivity contribution in [2.24, 2.45) is 0 Å². The molecule has 3 saturated carbocycles. The second-order valence-corrected chi connectivity index (χ2v) is 13.3. The van der Waals surface area contributed by atoms with Crippen molar-refractivity contribution in [3.8, 4) is 11.5 Å². The van der Waals surface area contributed by atoms with Crippen LogP contribution in [0.3, 0.4) is 0 Å². The first-order chi connectivity index (χ1) is 20.6. The van der Waals surface area contributed by atoms with Crippen molar-refractivity contribution in [1.82, 2.24) is 15.5 Å². The minimum Gasteiger partial charge on any atom is -0.484 e. The number of hydrogen-bond donors (Lipinski definition) is 2. The Labute approximate surface area is 265 Å². The number of carbonyl (C=O) groups is 3. The highest BCUT2D eigenvalue weighted by Gasteiger charge is 2.57. The lowest BCUT2D eigenvalue weighted by molar-refractivity contribution is -0.158. The molecule has 240 valence electrons. The molecule has 2 aromatic rings. The zero-order valence-corrected chi connectivity index (χ0v) is 26.6. The quantitative estimate of drug-likeness (QED) is 0.326. The van der Waals surface area contributed by atoms with E-state index >= 15 is 0 Å². The number of halogens is 4. The topological polar surface area (TPSA) is 106 Å². The molecule has 1 atom stereocenters. The summed E-state index contributed by atoms with van der Waals surface area (Å²) in [6.07, 6.45) is 2.60. The number of hydrogen-bond acceptors (Lipinski definition) is 7. The highest BCUT2D eigenvalue weighted by Crippen LogP contribution is 2.48. The van der Waals surface area contributed by atoms with Crippen LogP contribution in [0.5, 0.6) is 11.5 Å². The molecule has 3 aliphatic rings. The highest BCUT2D eigenvalue weighted by atomic mass is 35.5. The molecule has 3 fully saturated rings. The van der Waals surface area contributed by atoms with Gasteiger partial charge in [-0.25, -0.2) is 8.78 Å². The van der Waals surface area contributed by atoms with Crippen LogP contribution in [-0.2, 0) is 19.1 Å². The number of fused-ring (bicyclic) bond motifs is 3. The number of amides is 2. The molecule has 3 aliphatic carbocycles. The summed E-state index contributed by atoms with van der Waals surface area (Å²) in [7, 11) is 1.78. The molecule has 0 heterocycles. The van der Waals surface area contributed by atoms with E-state index in [0.717, 1.165) is 12.1 Å². The van der Waals surface area contributed by atoms with Gasteiger partial charge in [0.25, 0.3) is 11.8 Å². The van der Waals surface area contributed by atoms with Crippen LogP contribution in [0.15, 0.2) is 36.4 Å². The molecular formula is C31H37Cl2F2N3O6. The summed E-state index contributed by atoms with van der Waals surface area (Å²) in [5.41, 5.74) is -2.00. The maximum Gasteiger partial charge on any atom is 0.320 e. The van der Waals surface area contributed by atoms with Crippen LogP contribution in [0.25, 0.3) is 0 Å². The molecule has 2 aromatic carbocycles. The fourth-order valence-electron chi connectivity index (χ4n) is 6.00. The smallest absolute Gasteiger partial charge is 0.320 e. The normalized spacial score (nSPS) is 22.8. The summed E-state index contributed by atoms with van der Waals surface area (Å²) in [6.45, 7) is 4.64. The Morgan fingerprint density at radius 1 is 0.886 bits per heavy atom. The molecule has 0 saturated heterocycles. The van der Waals surface area contributed by atoms with Gasteiger partial charge in [0.1, 0.15) is 28.7 Å². The average Bonchev–Trinajstić information content (AvgIpc) is 2.94. The first kappa shape index (κ1) is 33.7. The molecule has 9 nitrogen and oxygen atoms in total. The van der Waals surface area contributed by atoms with Gasteiger partial charge in [-0.05, 0) is 84.2 Å². The first-order valence-electron chi connectivity index (χ1n) is 14.3. The van der Waals surface area contributed by atoms with Gasteiger partial charge in [0.2, 0.25) is 0 Å². The van der Waals surface area contributed by atoms with E-state index in [1.165, 1.54) is 24.3 Å². The third-order valence-corrected chi connectivity index (χ3v) is 8.58. The van der Waals surface area contributed by atoms with E-state index in [4.69, 9.17) is 37.4 Å². The number of nitrogens with zero attached hydrogens (tertiary/aromatic N) is 1. The number of benzene rings is 2. The summed E-state index contributed by atoms with van der Waals surface area (Å²) in [6, 6.07) is 7.52. The largest absolute Gasteiger partial charge is 0.484 e. The van der Waals surface area contributed by atoms with Crippen LogP contribution < -0.4 is 20.1 Å². The van der Waals surface area contributed by atoms with E-state index in [0.29, 0.717) is 32.1 Å². The molecule has 2 bridgehead atoms. The average molecular weight is 657 g/mol. The predicted octanol–water partition coefficient (Wildman–Crippen LogP) is 5.06. The second kappa shape index (κ2) is 13.5.